The summed E-state index contributed by atoms with van der Waals surface area (Å²) >= 11 is 0. The van der Waals surface area contributed by atoms with Crippen molar-refractivity contribution in [3.05, 3.63) is 0 Å². The Hall–Kier alpha value is -1.10. The minimum Gasteiger partial charge on any atom is -0.481 e. The number of ether oxygens (including phenoxy) is 1. The number of nitrogens with zero attached hydrogens (tertiary/aromatic N) is 1. The summed E-state index contributed by atoms with van der Waals surface area (Å²) in [6, 6.07) is 0. The number of carbonyl (C=O) groups is 2. The van der Waals surface area contributed by atoms with E-state index in [2.05, 4.69) is 0 Å². The van der Waals surface area contributed by atoms with Crippen LogP contribution in [0.5, 0.6) is 0 Å². The van der Waals surface area contributed by atoms with Gasteiger partial charge in [-0.3, -0.25) is 9.59 Å². The molecule has 1 saturated carbocycles. The van der Waals surface area contributed by atoms with E-state index in [1.807, 2.05) is 0 Å². The highest BCUT2D eigenvalue weighted by molar-refractivity contribution is 5.89. The minimum absolute atomic E-state index is 0.0157. The molecule has 0 spiro atoms. The predicted molar refractivity (Wildman–Crippen MR) is 55.8 cm³/mol. The molecule has 1 heterocycles. The van der Waals surface area contributed by atoms with Gasteiger partial charge in [-0.05, 0) is 19.3 Å². The molecule has 1 amide bonds. The van der Waals surface area contributed by atoms with Gasteiger partial charge in [0.25, 0.3) is 0 Å². The highest BCUT2D eigenvalue weighted by atomic mass is 16.5. The van der Waals surface area contributed by atoms with Crippen LogP contribution in [0, 0.1) is 11.8 Å². The monoisotopic (exact) mass is 227 g/mol. The summed E-state index contributed by atoms with van der Waals surface area (Å²) in [5.74, 6) is -1.53. The summed E-state index contributed by atoms with van der Waals surface area (Å²) in [5, 5.41) is 8.76. The maximum Gasteiger partial charge on any atom is 0.307 e. The van der Waals surface area contributed by atoms with Crippen LogP contribution in [-0.4, -0.2) is 48.2 Å². The highest BCUT2D eigenvalue weighted by Crippen LogP contribution is 2.40. The molecule has 5 heteroatoms. The van der Waals surface area contributed by atoms with E-state index in [1.54, 1.807) is 12.0 Å². The lowest BCUT2D eigenvalue weighted by atomic mass is 10.1. The first-order chi connectivity index (χ1) is 7.63. The van der Waals surface area contributed by atoms with Crippen molar-refractivity contribution >= 4 is 11.9 Å². The molecule has 1 aliphatic heterocycles. The number of carboxylic acids is 1. The molecule has 16 heavy (non-hydrogen) atoms. The fourth-order valence-corrected chi connectivity index (χ4v) is 2.29. The van der Waals surface area contributed by atoms with Crippen LogP contribution in [0.4, 0.5) is 0 Å². The van der Waals surface area contributed by atoms with E-state index in [0.717, 1.165) is 12.8 Å². The first kappa shape index (κ1) is 11.4. The van der Waals surface area contributed by atoms with Crippen LogP contribution in [-0.2, 0) is 14.3 Å². The largest absolute Gasteiger partial charge is 0.481 e. The highest BCUT2D eigenvalue weighted by Gasteiger charge is 2.50. The molecule has 0 aromatic carbocycles. The zero-order valence-corrected chi connectivity index (χ0v) is 9.39. The molecule has 2 fully saturated rings. The maximum atomic E-state index is 11.9. The van der Waals surface area contributed by atoms with Crippen LogP contribution in [0.3, 0.4) is 0 Å². The number of amides is 1. The van der Waals surface area contributed by atoms with Gasteiger partial charge < -0.3 is 14.7 Å². The molecule has 5 nitrogen and oxygen atoms in total. The number of aliphatic carboxylic acids is 1. The van der Waals surface area contributed by atoms with Crippen molar-refractivity contribution in [1.82, 2.24) is 4.90 Å². The predicted octanol–water partition coefficient (Wildman–Crippen LogP) is 0.344. The lowest BCUT2D eigenvalue weighted by Gasteiger charge is -2.31. The second kappa shape index (κ2) is 4.41. The topological polar surface area (TPSA) is 66.8 Å². The smallest absolute Gasteiger partial charge is 0.307 e. The van der Waals surface area contributed by atoms with Crippen LogP contribution in [0.1, 0.15) is 19.3 Å². The normalized spacial score (nSPS) is 30.2. The minimum atomic E-state index is -0.842. The lowest BCUT2D eigenvalue weighted by molar-refractivity contribution is -0.142. The van der Waals surface area contributed by atoms with Crippen molar-refractivity contribution in [3.63, 3.8) is 0 Å². The zero-order valence-electron chi connectivity index (χ0n) is 9.39. The van der Waals surface area contributed by atoms with E-state index in [9.17, 15) is 9.59 Å². The second-order valence-electron chi connectivity index (χ2n) is 4.55. The fraction of sp³-hybridized carbons (Fsp3) is 0.818. The molecule has 0 bridgehead atoms. The van der Waals surface area contributed by atoms with E-state index in [1.165, 1.54) is 0 Å². The van der Waals surface area contributed by atoms with Gasteiger partial charge in [0.1, 0.15) is 0 Å². The van der Waals surface area contributed by atoms with Gasteiger partial charge in [-0.15, -0.1) is 0 Å². The molecule has 2 rings (SSSR count). The third-order valence-corrected chi connectivity index (χ3v) is 3.51. The van der Waals surface area contributed by atoms with Crippen molar-refractivity contribution in [3.8, 4) is 0 Å². The van der Waals surface area contributed by atoms with Crippen molar-refractivity contribution in [2.24, 2.45) is 11.8 Å². The number of hydrogen-bond acceptors (Lipinski definition) is 3. The number of piperidine rings is 1. The third-order valence-electron chi connectivity index (χ3n) is 3.51. The summed E-state index contributed by atoms with van der Waals surface area (Å²) in [5.41, 5.74) is 0. The third kappa shape index (κ3) is 2.19. The maximum absolute atomic E-state index is 11.9. The number of hydrogen-bond donors (Lipinski definition) is 1. The van der Waals surface area contributed by atoms with Gasteiger partial charge in [0.05, 0.1) is 17.9 Å². The Bertz CT molecular complexity index is 296. The van der Waals surface area contributed by atoms with Crippen molar-refractivity contribution in [1.29, 1.82) is 0 Å². The van der Waals surface area contributed by atoms with E-state index in [0.29, 0.717) is 19.5 Å². The van der Waals surface area contributed by atoms with Crippen LogP contribution in [0.15, 0.2) is 0 Å². The van der Waals surface area contributed by atoms with Crippen LogP contribution in [0.25, 0.3) is 0 Å². The van der Waals surface area contributed by atoms with Gasteiger partial charge in [0.2, 0.25) is 5.91 Å². The molecule has 0 radical (unpaired) electrons. The molecule has 2 unspecified atom stereocenters. The molecule has 1 aliphatic carbocycles. The Morgan fingerprint density at radius 1 is 1.25 bits per heavy atom. The summed E-state index contributed by atoms with van der Waals surface area (Å²) in [6.07, 6.45) is 2.47. The zero-order chi connectivity index (χ0) is 11.7. The average molecular weight is 227 g/mol. The Balaban J connectivity index is 1.82. The Morgan fingerprint density at radius 3 is 2.31 bits per heavy atom. The molecule has 0 aromatic heterocycles. The Morgan fingerprint density at radius 2 is 1.88 bits per heavy atom. The number of likely N-dealkylation sites (tertiary alicyclic amines) is 1. The fourth-order valence-electron chi connectivity index (χ4n) is 2.29. The van der Waals surface area contributed by atoms with Gasteiger partial charge in [0, 0.05) is 20.2 Å². The number of carbonyl (C=O) groups excluding carboxylic acids is 1. The summed E-state index contributed by atoms with van der Waals surface area (Å²) < 4.78 is 5.22. The number of rotatable bonds is 3. The molecule has 2 aliphatic rings. The van der Waals surface area contributed by atoms with Crippen molar-refractivity contribution in [2.75, 3.05) is 20.2 Å². The summed E-state index contributed by atoms with van der Waals surface area (Å²) in [4.78, 5) is 24.3. The van der Waals surface area contributed by atoms with Gasteiger partial charge in [0.15, 0.2) is 0 Å². The SMILES string of the molecule is COC1CCN(C(=O)C2CC2C(=O)O)CC1. The van der Waals surface area contributed by atoms with Crippen molar-refractivity contribution in [2.45, 2.75) is 25.4 Å². The molecule has 90 valence electrons. The standard InChI is InChI=1S/C11H17NO4/c1-16-7-2-4-12(5-3-7)10(13)8-6-9(8)11(14)15/h7-9H,2-6H2,1H3,(H,14,15). The van der Waals surface area contributed by atoms with Crippen molar-refractivity contribution < 1.29 is 19.4 Å². The molecular weight excluding hydrogens is 210 g/mol. The first-order valence-corrected chi connectivity index (χ1v) is 5.68. The van der Waals surface area contributed by atoms with E-state index >= 15 is 0 Å². The van der Waals surface area contributed by atoms with Crippen LogP contribution in [0.2, 0.25) is 0 Å². The molecular formula is C11H17NO4. The summed E-state index contributed by atoms with van der Waals surface area (Å²) in [6.45, 7) is 1.39. The quantitative estimate of drug-likeness (QED) is 0.755. The van der Waals surface area contributed by atoms with Gasteiger partial charge in [-0.25, -0.2) is 0 Å². The summed E-state index contributed by atoms with van der Waals surface area (Å²) in [7, 11) is 1.68. The Labute approximate surface area is 94.4 Å². The van der Waals surface area contributed by atoms with E-state index in [4.69, 9.17) is 9.84 Å². The van der Waals surface area contributed by atoms with Crippen LogP contribution >= 0.6 is 0 Å². The van der Waals surface area contributed by atoms with E-state index < -0.39 is 11.9 Å². The first-order valence-electron chi connectivity index (χ1n) is 5.68. The van der Waals surface area contributed by atoms with E-state index in [-0.39, 0.29) is 17.9 Å². The lowest BCUT2D eigenvalue weighted by Crippen LogP contribution is -2.41. The average Bonchev–Trinajstić information content (AvgIpc) is 3.08. The van der Waals surface area contributed by atoms with Gasteiger partial charge in [-0.1, -0.05) is 0 Å². The van der Waals surface area contributed by atoms with Crippen LogP contribution < -0.4 is 0 Å². The Kier molecular flexibility index (Phi) is 3.14. The molecule has 1 N–H and O–H groups in total. The van der Waals surface area contributed by atoms with Gasteiger partial charge >= 0.3 is 5.97 Å². The number of methoxy groups -OCH3 is 1. The van der Waals surface area contributed by atoms with Gasteiger partial charge in [-0.2, -0.15) is 0 Å². The number of carboxylic acid groups (broad SMARTS) is 1. The molecule has 1 saturated heterocycles. The molecule has 2 atom stereocenters. The molecule has 0 aromatic rings. The second-order valence-corrected chi connectivity index (χ2v) is 4.55.